The largest absolute Gasteiger partial charge is 0.126 e. The second-order valence-corrected chi connectivity index (χ2v) is 3.39. The maximum absolute atomic E-state index is 3.76. The molecular weight excluding hydrogens is 140 g/mol. The Morgan fingerprint density at radius 1 is 1.30 bits per heavy atom. The van der Waals surface area contributed by atoms with Gasteiger partial charge in [-0.3, -0.25) is 0 Å². The molecule has 0 unspecified atom stereocenters. The van der Waals surface area contributed by atoms with Gasteiger partial charge < -0.3 is 0 Å². The molecule has 0 bridgehead atoms. The van der Waals surface area contributed by atoms with Crippen molar-refractivity contribution in [3.05, 3.63) is 35.8 Å². The van der Waals surface area contributed by atoms with Crippen LogP contribution in [0.4, 0.5) is 0 Å². The van der Waals surface area contributed by atoms with Gasteiger partial charge in [0, 0.05) is 4.91 Å². The van der Waals surface area contributed by atoms with Crippen molar-refractivity contribution in [2.45, 2.75) is 12.8 Å². The molecule has 0 N–H and O–H groups in total. The molecule has 0 aliphatic carbocycles. The fraction of sp³-hybridized carbons (Fsp3) is 0.333. The third kappa shape index (κ3) is 1.54. The van der Waals surface area contributed by atoms with E-state index >= 15 is 0 Å². The Balaban J connectivity index is 2.81. The number of allylic oxidation sites excluding steroid dienone is 3. The van der Waals surface area contributed by atoms with E-state index in [-0.39, 0.29) is 0 Å². The van der Waals surface area contributed by atoms with E-state index in [0.29, 0.717) is 0 Å². The molecule has 0 aromatic heterocycles. The third-order valence-corrected chi connectivity index (χ3v) is 2.83. The minimum atomic E-state index is 1.18. The van der Waals surface area contributed by atoms with Gasteiger partial charge in [-0.15, -0.1) is 11.8 Å². The highest BCUT2D eigenvalue weighted by Gasteiger charge is 2.06. The van der Waals surface area contributed by atoms with Crippen LogP contribution in [0.15, 0.2) is 35.8 Å². The number of hydrogen-bond donors (Lipinski definition) is 0. The summed E-state index contributed by atoms with van der Waals surface area (Å²) in [5.74, 6) is 1.23. The smallest absolute Gasteiger partial charge is 0.00979 e. The van der Waals surface area contributed by atoms with Crippen LogP contribution < -0.4 is 0 Å². The molecule has 1 heterocycles. The van der Waals surface area contributed by atoms with E-state index in [4.69, 9.17) is 0 Å². The van der Waals surface area contributed by atoms with Crippen molar-refractivity contribution in [3.63, 3.8) is 0 Å². The van der Waals surface area contributed by atoms with Gasteiger partial charge in [-0.2, -0.15) is 0 Å². The van der Waals surface area contributed by atoms with E-state index in [1.54, 1.807) is 0 Å². The maximum Gasteiger partial charge on any atom is 0.00979 e. The molecular formula is C9H12S. The zero-order valence-corrected chi connectivity index (χ0v) is 6.91. The Bertz CT molecular complexity index is 157. The van der Waals surface area contributed by atoms with Crippen LogP contribution in [0.2, 0.25) is 0 Å². The molecule has 1 aliphatic heterocycles. The Morgan fingerprint density at radius 2 is 2.10 bits per heavy atom. The minimum Gasteiger partial charge on any atom is -0.126 e. The summed E-state index contributed by atoms with van der Waals surface area (Å²) in [7, 11) is 0. The first-order valence-electron chi connectivity index (χ1n) is 3.49. The fourth-order valence-corrected chi connectivity index (χ4v) is 2.05. The van der Waals surface area contributed by atoms with Crippen molar-refractivity contribution in [2.24, 2.45) is 0 Å². The van der Waals surface area contributed by atoms with Gasteiger partial charge in [0.2, 0.25) is 0 Å². The minimum absolute atomic E-state index is 1.18. The van der Waals surface area contributed by atoms with Gasteiger partial charge in [-0.1, -0.05) is 25.3 Å². The molecule has 0 aromatic carbocycles. The van der Waals surface area contributed by atoms with Crippen LogP contribution in [-0.4, -0.2) is 5.75 Å². The van der Waals surface area contributed by atoms with Crippen LogP contribution in [0.25, 0.3) is 0 Å². The monoisotopic (exact) mass is 152 g/mol. The summed E-state index contributed by atoms with van der Waals surface area (Å²) in [5.41, 5.74) is 1.37. The van der Waals surface area contributed by atoms with Crippen molar-refractivity contribution in [1.29, 1.82) is 0 Å². The highest BCUT2D eigenvalue weighted by atomic mass is 32.2. The molecule has 1 rings (SSSR count). The van der Waals surface area contributed by atoms with E-state index in [0.717, 1.165) is 0 Å². The van der Waals surface area contributed by atoms with Crippen LogP contribution in [0.5, 0.6) is 0 Å². The van der Waals surface area contributed by atoms with Gasteiger partial charge in [-0.05, 0) is 24.2 Å². The summed E-state index contributed by atoms with van der Waals surface area (Å²) in [6.07, 6.45) is 6.34. The highest BCUT2D eigenvalue weighted by molar-refractivity contribution is 8.03. The van der Waals surface area contributed by atoms with Crippen molar-refractivity contribution in [3.8, 4) is 0 Å². The van der Waals surface area contributed by atoms with Crippen LogP contribution in [0.3, 0.4) is 0 Å². The first kappa shape index (κ1) is 7.67. The lowest BCUT2D eigenvalue weighted by molar-refractivity contribution is 0.926. The maximum atomic E-state index is 3.76. The standard InChI is InChI=1S/C9H12S/c1-3-8-6-5-7-10-9(8)4-2/h3-4H,1-2,5-7H2. The molecule has 1 heteroatoms. The number of rotatable bonds is 2. The van der Waals surface area contributed by atoms with Gasteiger partial charge in [0.1, 0.15) is 0 Å². The lowest BCUT2D eigenvalue weighted by Gasteiger charge is -2.13. The predicted molar refractivity (Wildman–Crippen MR) is 49.1 cm³/mol. The van der Waals surface area contributed by atoms with E-state index in [1.807, 2.05) is 23.9 Å². The van der Waals surface area contributed by atoms with Crippen molar-refractivity contribution < 1.29 is 0 Å². The van der Waals surface area contributed by atoms with E-state index in [1.165, 1.54) is 29.1 Å². The molecule has 0 nitrogen and oxygen atoms in total. The Morgan fingerprint density at radius 3 is 2.60 bits per heavy atom. The first-order valence-corrected chi connectivity index (χ1v) is 4.48. The van der Waals surface area contributed by atoms with E-state index in [2.05, 4.69) is 13.2 Å². The molecule has 1 aliphatic rings. The van der Waals surface area contributed by atoms with Gasteiger partial charge in [0.05, 0.1) is 0 Å². The van der Waals surface area contributed by atoms with Gasteiger partial charge in [0.15, 0.2) is 0 Å². The molecule has 0 aromatic rings. The average Bonchev–Trinajstić information content (AvgIpc) is 2.04. The molecule has 0 spiro atoms. The Labute approximate surface area is 66.7 Å². The second kappa shape index (κ2) is 3.67. The fourth-order valence-electron chi connectivity index (χ4n) is 1.05. The average molecular weight is 152 g/mol. The summed E-state index contributed by atoms with van der Waals surface area (Å²) >= 11 is 1.89. The molecule has 0 saturated carbocycles. The molecule has 54 valence electrons. The zero-order valence-electron chi connectivity index (χ0n) is 6.10. The SMILES string of the molecule is C=CC1=C(C=C)SCCC1. The normalized spacial score (nSPS) is 18.8. The van der Waals surface area contributed by atoms with Crippen molar-refractivity contribution in [2.75, 3.05) is 5.75 Å². The summed E-state index contributed by atoms with van der Waals surface area (Å²) in [6.45, 7) is 7.52. The predicted octanol–water partition coefficient (Wildman–Crippen LogP) is 3.14. The molecule has 0 atom stereocenters. The van der Waals surface area contributed by atoms with E-state index < -0.39 is 0 Å². The topological polar surface area (TPSA) is 0 Å². The molecule has 0 fully saturated rings. The van der Waals surface area contributed by atoms with Crippen molar-refractivity contribution in [1.82, 2.24) is 0 Å². The van der Waals surface area contributed by atoms with Gasteiger partial charge in [-0.25, -0.2) is 0 Å². The van der Waals surface area contributed by atoms with Crippen LogP contribution in [0, 0.1) is 0 Å². The van der Waals surface area contributed by atoms with Gasteiger partial charge >= 0.3 is 0 Å². The summed E-state index contributed by atoms with van der Waals surface area (Å²) < 4.78 is 0. The Kier molecular flexibility index (Phi) is 2.82. The van der Waals surface area contributed by atoms with Crippen LogP contribution >= 0.6 is 11.8 Å². The van der Waals surface area contributed by atoms with Crippen molar-refractivity contribution >= 4 is 11.8 Å². The number of hydrogen-bond acceptors (Lipinski definition) is 1. The molecule has 0 radical (unpaired) electrons. The zero-order chi connectivity index (χ0) is 7.40. The summed E-state index contributed by atoms with van der Waals surface area (Å²) in [4.78, 5) is 1.32. The lowest BCUT2D eigenvalue weighted by atomic mass is 10.1. The summed E-state index contributed by atoms with van der Waals surface area (Å²) in [6, 6.07) is 0. The Hall–Kier alpha value is -0.430. The molecule has 0 saturated heterocycles. The van der Waals surface area contributed by atoms with E-state index in [9.17, 15) is 0 Å². The molecule has 0 amide bonds. The number of thioether (sulfide) groups is 1. The summed E-state index contributed by atoms with van der Waals surface area (Å²) in [5, 5.41) is 0. The molecule has 10 heavy (non-hydrogen) atoms. The van der Waals surface area contributed by atoms with Crippen LogP contribution in [0.1, 0.15) is 12.8 Å². The first-order chi connectivity index (χ1) is 4.88. The second-order valence-electron chi connectivity index (χ2n) is 2.25. The third-order valence-electron chi connectivity index (χ3n) is 1.60. The van der Waals surface area contributed by atoms with Crippen LogP contribution in [-0.2, 0) is 0 Å². The van der Waals surface area contributed by atoms with Gasteiger partial charge in [0.25, 0.3) is 0 Å². The highest BCUT2D eigenvalue weighted by Crippen LogP contribution is 2.30. The quantitative estimate of drug-likeness (QED) is 0.585. The lowest BCUT2D eigenvalue weighted by Crippen LogP contribution is -1.93.